The molecule has 1 rings (SSSR count). The van der Waals surface area contributed by atoms with Crippen molar-refractivity contribution in [3.63, 3.8) is 0 Å². The summed E-state index contributed by atoms with van der Waals surface area (Å²) in [4.78, 5) is 11.1. The summed E-state index contributed by atoms with van der Waals surface area (Å²) < 4.78 is 0. The van der Waals surface area contributed by atoms with Gasteiger partial charge in [0.25, 0.3) is 0 Å². The van der Waals surface area contributed by atoms with E-state index in [1.807, 2.05) is 19.1 Å². The molecule has 0 unspecified atom stereocenters. The monoisotopic (exact) mass is 211 g/mol. The number of carbonyl (C=O) groups is 1. The van der Waals surface area contributed by atoms with E-state index in [1.165, 1.54) is 0 Å². The van der Waals surface area contributed by atoms with Gasteiger partial charge in [-0.2, -0.15) is 12.6 Å². The lowest BCUT2D eigenvalue weighted by atomic mass is 10.1. The number of benzene rings is 1. The van der Waals surface area contributed by atoms with Crippen LogP contribution in [0.2, 0.25) is 0 Å². The molecular weight excluding hydrogens is 198 g/mol. The Morgan fingerprint density at radius 2 is 2.29 bits per heavy atom. The first kappa shape index (κ1) is 11.1. The molecule has 1 aromatic carbocycles. The molecule has 0 radical (unpaired) electrons. The van der Waals surface area contributed by atoms with Crippen molar-refractivity contribution in [2.24, 2.45) is 0 Å². The van der Waals surface area contributed by atoms with Gasteiger partial charge in [-0.1, -0.05) is 17.7 Å². The Kier molecular flexibility index (Phi) is 3.98. The maximum absolute atomic E-state index is 11.1. The molecule has 1 amide bonds. The Morgan fingerprint density at radius 3 is 2.86 bits per heavy atom. The normalized spacial score (nSPS) is 9.93. The first-order chi connectivity index (χ1) is 6.67. The van der Waals surface area contributed by atoms with Gasteiger partial charge >= 0.3 is 0 Å². The van der Waals surface area contributed by atoms with Gasteiger partial charge in [-0.05, 0) is 13.0 Å². The fourth-order valence-electron chi connectivity index (χ4n) is 1.16. The number of carbonyl (C=O) groups excluding carboxylic acids is 1. The van der Waals surface area contributed by atoms with E-state index in [0.717, 1.165) is 11.1 Å². The molecule has 3 nitrogen and oxygen atoms in total. The molecule has 0 atom stereocenters. The molecular formula is C10H13NO2S. The van der Waals surface area contributed by atoms with Crippen molar-refractivity contribution in [3.8, 4) is 0 Å². The van der Waals surface area contributed by atoms with Crippen LogP contribution in [0.25, 0.3) is 0 Å². The number of amides is 1. The van der Waals surface area contributed by atoms with Crippen LogP contribution in [0.4, 0.5) is 5.69 Å². The van der Waals surface area contributed by atoms with Crippen LogP contribution >= 0.6 is 12.6 Å². The Morgan fingerprint density at radius 1 is 1.57 bits per heavy atom. The van der Waals surface area contributed by atoms with Gasteiger partial charge in [-0.25, -0.2) is 0 Å². The topological polar surface area (TPSA) is 49.3 Å². The lowest BCUT2D eigenvalue weighted by molar-refractivity contribution is -0.113. The molecule has 0 aliphatic heterocycles. The molecule has 0 aliphatic rings. The Labute approximate surface area is 88.6 Å². The third kappa shape index (κ3) is 2.75. The average Bonchev–Trinajstić information content (AvgIpc) is 2.20. The Hall–Kier alpha value is -1.00. The third-order valence-corrected chi connectivity index (χ3v) is 2.14. The summed E-state index contributed by atoms with van der Waals surface area (Å²) in [5.41, 5.74) is 2.43. The third-order valence-electron chi connectivity index (χ3n) is 1.85. The molecule has 0 spiro atoms. The fourth-order valence-corrected chi connectivity index (χ4v) is 1.24. The standard InChI is InChI=1S/C10H13NO2S/c1-7-2-3-9(8(4-7)5-12)11-10(13)6-14/h2-4,12,14H,5-6H2,1H3,(H,11,13). The Bertz CT molecular complexity index is 339. The minimum atomic E-state index is -0.174. The van der Waals surface area contributed by atoms with Crippen LogP contribution in [-0.4, -0.2) is 16.8 Å². The van der Waals surface area contributed by atoms with E-state index in [2.05, 4.69) is 17.9 Å². The molecule has 0 bridgehead atoms. The molecule has 0 aliphatic carbocycles. The number of aryl methyl sites for hydroxylation is 1. The molecule has 0 saturated carbocycles. The van der Waals surface area contributed by atoms with E-state index in [-0.39, 0.29) is 18.3 Å². The van der Waals surface area contributed by atoms with Crippen molar-refractivity contribution < 1.29 is 9.90 Å². The van der Waals surface area contributed by atoms with Gasteiger partial charge in [0.1, 0.15) is 0 Å². The summed E-state index contributed by atoms with van der Waals surface area (Å²) in [6, 6.07) is 5.50. The molecule has 4 heteroatoms. The summed E-state index contributed by atoms with van der Waals surface area (Å²) in [6.45, 7) is 1.85. The Balaban J connectivity index is 2.90. The number of aliphatic hydroxyl groups excluding tert-OH is 1. The number of hydrogen-bond donors (Lipinski definition) is 3. The smallest absolute Gasteiger partial charge is 0.234 e. The molecule has 0 saturated heterocycles. The van der Waals surface area contributed by atoms with Gasteiger partial charge < -0.3 is 10.4 Å². The van der Waals surface area contributed by atoms with Crippen LogP contribution in [0.15, 0.2) is 18.2 Å². The summed E-state index contributed by atoms with van der Waals surface area (Å²) in [5.74, 6) is -0.0365. The van der Waals surface area contributed by atoms with Crippen LogP contribution in [0.3, 0.4) is 0 Å². The van der Waals surface area contributed by atoms with E-state index in [9.17, 15) is 4.79 Å². The van der Waals surface area contributed by atoms with Gasteiger partial charge in [-0.3, -0.25) is 4.79 Å². The SMILES string of the molecule is Cc1ccc(NC(=O)CS)c(CO)c1. The highest BCUT2D eigenvalue weighted by Gasteiger charge is 2.04. The summed E-state index contributed by atoms with van der Waals surface area (Å²) in [5, 5.41) is 11.7. The molecule has 14 heavy (non-hydrogen) atoms. The number of hydrogen-bond acceptors (Lipinski definition) is 3. The fraction of sp³-hybridized carbons (Fsp3) is 0.300. The number of rotatable bonds is 3. The lowest BCUT2D eigenvalue weighted by Crippen LogP contribution is -2.14. The minimum absolute atomic E-state index is 0.0795. The van der Waals surface area contributed by atoms with Crippen molar-refractivity contribution in [1.82, 2.24) is 0 Å². The van der Waals surface area contributed by atoms with Crippen LogP contribution in [0.1, 0.15) is 11.1 Å². The predicted octanol–water partition coefficient (Wildman–Crippen LogP) is 1.36. The molecule has 1 aromatic rings. The molecule has 2 N–H and O–H groups in total. The van der Waals surface area contributed by atoms with Gasteiger partial charge in [0, 0.05) is 11.3 Å². The van der Waals surface area contributed by atoms with Gasteiger partial charge in [0.2, 0.25) is 5.91 Å². The quantitative estimate of drug-likeness (QED) is 0.661. The highest BCUT2D eigenvalue weighted by atomic mass is 32.1. The molecule has 0 heterocycles. The zero-order chi connectivity index (χ0) is 10.6. The van der Waals surface area contributed by atoms with Crippen molar-refractivity contribution in [2.45, 2.75) is 13.5 Å². The summed E-state index contributed by atoms with van der Waals surface area (Å²) in [6.07, 6.45) is 0. The molecule has 0 fully saturated rings. The summed E-state index contributed by atoms with van der Waals surface area (Å²) in [7, 11) is 0. The van der Waals surface area contributed by atoms with Crippen molar-refractivity contribution in [2.75, 3.05) is 11.1 Å². The van der Waals surface area contributed by atoms with E-state index in [0.29, 0.717) is 5.69 Å². The van der Waals surface area contributed by atoms with Gasteiger partial charge in [0.15, 0.2) is 0 Å². The summed E-state index contributed by atoms with van der Waals surface area (Å²) >= 11 is 3.86. The molecule has 0 aromatic heterocycles. The average molecular weight is 211 g/mol. The predicted molar refractivity (Wildman–Crippen MR) is 59.6 cm³/mol. The van der Waals surface area contributed by atoms with Crippen molar-refractivity contribution in [3.05, 3.63) is 29.3 Å². The maximum Gasteiger partial charge on any atom is 0.234 e. The van der Waals surface area contributed by atoms with Gasteiger partial charge in [0.05, 0.1) is 12.4 Å². The second-order valence-corrected chi connectivity index (χ2v) is 3.34. The largest absolute Gasteiger partial charge is 0.392 e. The number of anilines is 1. The highest BCUT2D eigenvalue weighted by molar-refractivity contribution is 7.81. The van der Waals surface area contributed by atoms with E-state index in [4.69, 9.17) is 5.11 Å². The lowest BCUT2D eigenvalue weighted by Gasteiger charge is -2.09. The minimum Gasteiger partial charge on any atom is -0.392 e. The highest BCUT2D eigenvalue weighted by Crippen LogP contribution is 2.17. The van der Waals surface area contributed by atoms with Gasteiger partial charge in [-0.15, -0.1) is 0 Å². The maximum atomic E-state index is 11.1. The van der Waals surface area contributed by atoms with Crippen LogP contribution in [0.5, 0.6) is 0 Å². The van der Waals surface area contributed by atoms with E-state index >= 15 is 0 Å². The number of aliphatic hydroxyl groups is 1. The van der Waals surface area contributed by atoms with Crippen LogP contribution in [0, 0.1) is 6.92 Å². The first-order valence-corrected chi connectivity index (χ1v) is 4.91. The van der Waals surface area contributed by atoms with Crippen LogP contribution < -0.4 is 5.32 Å². The second-order valence-electron chi connectivity index (χ2n) is 3.03. The van der Waals surface area contributed by atoms with Crippen molar-refractivity contribution in [1.29, 1.82) is 0 Å². The zero-order valence-corrected chi connectivity index (χ0v) is 8.84. The van der Waals surface area contributed by atoms with E-state index in [1.54, 1.807) is 6.07 Å². The zero-order valence-electron chi connectivity index (χ0n) is 7.95. The van der Waals surface area contributed by atoms with E-state index < -0.39 is 0 Å². The number of thiol groups is 1. The first-order valence-electron chi connectivity index (χ1n) is 4.28. The number of nitrogens with one attached hydrogen (secondary N) is 1. The second kappa shape index (κ2) is 5.02. The molecule has 76 valence electrons. The van der Waals surface area contributed by atoms with Crippen molar-refractivity contribution >= 4 is 24.2 Å². The van der Waals surface area contributed by atoms with Crippen LogP contribution in [-0.2, 0) is 11.4 Å².